The number of anilines is 1. The number of carbonyl (C=O) groups excluding carboxylic acids is 1. The van der Waals surface area contributed by atoms with Crippen LogP contribution in [0.15, 0.2) is 24.3 Å². The van der Waals surface area contributed by atoms with E-state index >= 15 is 0 Å². The van der Waals surface area contributed by atoms with Crippen molar-refractivity contribution in [3.05, 3.63) is 30.1 Å². The molecular formula is C15H19N5O. The summed E-state index contributed by atoms with van der Waals surface area (Å²) in [5, 5.41) is 11.4. The van der Waals surface area contributed by atoms with Gasteiger partial charge in [0.1, 0.15) is 5.82 Å². The highest BCUT2D eigenvalue weighted by atomic mass is 16.1. The van der Waals surface area contributed by atoms with E-state index in [2.05, 4.69) is 20.1 Å². The summed E-state index contributed by atoms with van der Waals surface area (Å²) < 4.78 is 2.19. The lowest BCUT2D eigenvalue weighted by Crippen LogP contribution is -2.21. The molecule has 0 saturated carbocycles. The molecule has 0 radical (unpaired) electrons. The molecule has 2 aromatic rings. The van der Waals surface area contributed by atoms with Gasteiger partial charge < -0.3 is 15.6 Å². The van der Waals surface area contributed by atoms with Crippen LogP contribution in [0.2, 0.25) is 0 Å². The number of nitrogens with two attached hydrogens (primary N) is 1. The van der Waals surface area contributed by atoms with Crippen molar-refractivity contribution < 1.29 is 4.79 Å². The third-order valence-electron chi connectivity index (χ3n) is 3.70. The van der Waals surface area contributed by atoms with Gasteiger partial charge in [0, 0.05) is 24.2 Å². The van der Waals surface area contributed by atoms with Crippen molar-refractivity contribution in [2.75, 3.05) is 11.9 Å². The molecule has 1 aromatic carbocycles. The van der Waals surface area contributed by atoms with Gasteiger partial charge in [0.2, 0.25) is 5.91 Å². The second-order valence-electron chi connectivity index (χ2n) is 5.24. The Morgan fingerprint density at radius 2 is 2.19 bits per heavy atom. The highest BCUT2D eigenvalue weighted by Gasteiger charge is 2.16. The van der Waals surface area contributed by atoms with Crippen molar-refractivity contribution in [3.63, 3.8) is 0 Å². The lowest BCUT2D eigenvalue weighted by molar-refractivity contribution is -0.114. The first-order valence-electron chi connectivity index (χ1n) is 7.30. The predicted octanol–water partition coefficient (Wildman–Crippen LogP) is 1.57. The Hall–Kier alpha value is -2.21. The lowest BCUT2D eigenvalue weighted by atomic mass is 10.2. The molecule has 3 rings (SSSR count). The standard InChI is InChI=1S/C15H19N5O/c16-10-14(21)17-12-6-4-5-11(9-12)15-19-18-13-7-2-1-3-8-20(13)15/h4-6,9H,1-3,7-8,10,16H2,(H,17,21). The van der Waals surface area contributed by atoms with Gasteiger partial charge in [0.25, 0.3) is 0 Å². The minimum absolute atomic E-state index is 0.0233. The minimum atomic E-state index is -0.202. The fraction of sp³-hybridized carbons (Fsp3) is 0.400. The smallest absolute Gasteiger partial charge is 0.238 e. The fourth-order valence-corrected chi connectivity index (χ4v) is 2.65. The zero-order valence-corrected chi connectivity index (χ0v) is 11.9. The van der Waals surface area contributed by atoms with Crippen LogP contribution in [0.5, 0.6) is 0 Å². The van der Waals surface area contributed by atoms with E-state index in [4.69, 9.17) is 5.73 Å². The van der Waals surface area contributed by atoms with Gasteiger partial charge in [-0.1, -0.05) is 18.6 Å². The number of aromatic nitrogens is 3. The van der Waals surface area contributed by atoms with Gasteiger partial charge >= 0.3 is 0 Å². The van der Waals surface area contributed by atoms with Gasteiger partial charge in [-0.15, -0.1) is 10.2 Å². The molecule has 1 aromatic heterocycles. The SMILES string of the molecule is NCC(=O)Nc1cccc(-c2nnc3n2CCCCC3)c1. The molecule has 0 fully saturated rings. The Bertz CT molecular complexity index is 649. The van der Waals surface area contributed by atoms with Crippen molar-refractivity contribution in [1.29, 1.82) is 0 Å². The number of benzene rings is 1. The van der Waals surface area contributed by atoms with Gasteiger partial charge in [-0.2, -0.15) is 0 Å². The molecule has 21 heavy (non-hydrogen) atoms. The summed E-state index contributed by atoms with van der Waals surface area (Å²) in [7, 11) is 0. The normalized spacial score (nSPS) is 14.3. The molecule has 1 aliphatic rings. The second kappa shape index (κ2) is 6.05. The number of hydrogen-bond acceptors (Lipinski definition) is 4. The van der Waals surface area contributed by atoms with E-state index in [1.165, 1.54) is 12.8 Å². The first-order valence-corrected chi connectivity index (χ1v) is 7.30. The van der Waals surface area contributed by atoms with Crippen molar-refractivity contribution >= 4 is 11.6 Å². The van der Waals surface area contributed by atoms with E-state index in [-0.39, 0.29) is 12.5 Å². The van der Waals surface area contributed by atoms with E-state index in [1.54, 1.807) is 0 Å². The summed E-state index contributed by atoms with van der Waals surface area (Å²) >= 11 is 0. The first-order chi connectivity index (χ1) is 10.3. The minimum Gasteiger partial charge on any atom is -0.325 e. The number of nitrogens with zero attached hydrogens (tertiary/aromatic N) is 3. The van der Waals surface area contributed by atoms with E-state index in [0.717, 1.165) is 42.3 Å². The molecule has 0 aliphatic carbocycles. The van der Waals surface area contributed by atoms with E-state index < -0.39 is 0 Å². The highest BCUT2D eigenvalue weighted by molar-refractivity contribution is 5.92. The topological polar surface area (TPSA) is 85.8 Å². The Balaban J connectivity index is 1.92. The van der Waals surface area contributed by atoms with Crippen LogP contribution in [0.4, 0.5) is 5.69 Å². The Morgan fingerprint density at radius 1 is 1.29 bits per heavy atom. The molecule has 3 N–H and O–H groups in total. The summed E-state index contributed by atoms with van der Waals surface area (Å²) in [5.74, 6) is 1.72. The van der Waals surface area contributed by atoms with E-state index in [1.807, 2.05) is 24.3 Å². The van der Waals surface area contributed by atoms with Crippen LogP contribution >= 0.6 is 0 Å². The van der Waals surface area contributed by atoms with Gasteiger partial charge in [-0.3, -0.25) is 4.79 Å². The molecule has 2 heterocycles. The zero-order valence-electron chi connectivity index (χ0n) is 11.9. The van der Waals surface area contributed by atoms with E-state index in [9.17, 15) is 4.79 Å². The number of rotatable bonds is 3. The largest absolute Gasteiger partial charge is 0.325 e. The van der Waals surface area contributed by atoms with Gasteiger partial charge in [-0.25, -0.2) is 0 Å². The molecule has 6 heteroatoms. The number of amides is 1. The predicted molar refractivity (Wildman–Crippen MR) is 80.7 cm³/mol. The van der Waals surface area contributed by atoms with Crippen LogP contribution in [0.25, 0.3) is 11.4 Å². The molecule has 110 valence electrons. The second-order valence-corrected chi connectivity index (χ2v) is 5.24. The summed E-state index contributed by atoms with van der Waals surface area (Å²) in [4.78, 5) is 11.4. The average Bonchev–Trinajstić information content (AvgIpc) is 2.76. The summed E-state index contributed by atoms with van der Waals surface area (Å²) in [6, 6.07) is 7.65. The summed E-state index contributed by atoms with van der Waals surface area (Å²) in [6.45, 7) is 0.932. The van der Waals surface area contributed by atoms with Gasteiger partial charge in [-0.05, 0) is 25.0 Å². The maximum absolute atomic E-state index is 11.4. The van der Waals surface area contributed by atoms with Crippen LogP contribution in [0.3, 0.4) is 0 Å². The summed E-state index contributed by atoms with van der Waals surface area (Å²) in [6.07, 6.45) is 4.54. The quantitative estimate of drug-likeness (QED) is 0.896. The first kappa shape index (κ1) is 13.8. The van der Waals surface area contributed by atoms with Crippen molar-refractivity contribution in [2.45, 2.75) is 32.2 Å². The van der Waals surface area contributed by atoms with Crippen LogP contribution in [-0.4, -0.2) is 27.2 Å². The number of fused-ring (bicyclic) bond motifs is 1. The van der Waals surface area contributed by atoms with Crippen LogP contribution in [0.1, 0.15) is 25.1 Å². The third kappa shape index (κ3) is 2.95. The van der Waals surface area contributed by atoms with E-state index in [0.29, 0.717) is 0 Å². The molecule has 1 aliphatic heterocycles. The van der Waals surface area contributed by atoms with Gasteiger partial charge in [0.05, 0.1) is 6.54 Å². The number of hydrogen-bond donors (Lipinski definition) is 2. The molecule has 1 amide bonds. The number of nitrogens with one attached hydrogen (secondary N) is 1. The molecular weight excluding hydrogens is 266 g/mol. The highest BCUT2D eigenvalue weighted by Crippen LogP contribution is 2.24. The van der Waals surface area contributed by atoms with Crippen molar-refractivity contribution in [3.8, 4) is 11.4 Å². The van der Waals surface area contributed by atoms with Crippen LogP contribution in [0, 0.1) is 0 Å². The lowest BCUT2D eigenvalue weighted by Gasteiger charge is -2.09. The van der Waals surface area contributed by atoms with Crippen LogP contribution in [-0.2, 0) is 17.8 Å². The summed E-state index contributed by atoms with van der Waals surface area (Å²) in [5.41, 5.74) is 7.02. The van der Waals surface area contributed by atoms with Crippen molar-refractivity contribution in [1.82, 2.24) is 14.8 Å². The monoisotopic (exact) mass is 285 g/mol. The Morgan fingerprint density at radius 3 is 3.05 bits per heavy atom. The third-order valence-corrected chi connectivity index (χ3v) is 3.70. The molecule has 0 unspecified atom stereocenters. The Labute approximate surface area is 123 Å². The fourth-order valence-electron chi connectivity index (χ4n) is 2.65. The Kier molecular flexibility index (Phi) is 3.96. The maximum Gasteiger partial charge on any atom is 0.238 e. The molecule has 0 spiro atoms. The maximum atomic E-state index is 11.4. The molecule has 0 atom stereocenters. The number of aryl methyl sites for hydroxylation is 1. The average molecular weight is 285 g/mol. The zero-order chi connectivity index (χ0) is 14.7. The number of carbonyl (C=O) groups is 1. The van der Waals surface area contributed by atoms with Crippen molar-refractivity contribution in [2.24, 2.45) is 5.73 Å². The van der Waals surface area contributed by atoms with Crippen LogP contribution < -0.4 is 11.1 Å². The molecule has 0 bridgehead atoms. The molecule has 0 saturated heterocycles. The van der Waals surface area contributed by atoms with Gasteiger partial charge in [0.15, 0.2) is 5.82 Å². The molecule has 6 nitrogen and oxygen atoms in total.